The van der Waals surface area contributed by atoms with Gasteiger partial charge >= 0.3 is 6.03 Å². The summed E-state index contributed by atoms with van der Waals surface area (Å²) in [5.41, 5.74) is 3.32. The van der Waals surface area contributed by atoms with Crippen molar-refractivity contribution in [2.24, 2.45) is 0 Å². The van der Waals surface area contributed by atoms with Gasteiger partial charge in [0, 0.05) is 50.4 Å². The Bertz CT molecular complexity index is 944. The maximum Gasteiger partial charge on any atom is 0.321 e. The molecule has 3 aromatic rings. The SMILES string of the molecule is O=C(Nc1cccc(CSc2ccccn2)c1)N1CCN(Cc2ccccc2)CC1. The van der Waals surface area contributed by atoms with Crippen LogP contribution < -0.4 is 5.32 Å². The van der Waals surface area contributed by atoms with Gasteiger partial charge < -0.3 is 10.2 Å². The number of aromatic nitrogens is 1. The predicted molar refractivity (Wildman–Crippen MR) is 123 cm³/mol. The first-order valence-corrected chi connectivity index (χ1v) is 11.2. The Morgan fingerprint density at radius 1 is 0.900 bits per heavy atom. The molecule has 2 amide bonds. The molecule has 0 atom stereocenters. The van der Waals surface area contributed by atoms with Crippen LogP contribution in [0, 0.1) is 0 Å². The highest BCUT2D eigenvalue weighted by Crippen LogP contribution is 2.22. The maximum atomic E-state index is 12.7. The van der Waals surface area contributed by atoms with Crippen molar-refractivity contribution in [3.63, 3.8) is 0 Å². The third-order valence-electron chi connectivity index (χ3n) is 5.11. The van der Waals surface area contributed by atoms with Gasteiger partial charge in [0.05, 0.1) is 5.03 Å². The zero-order valence-electron chi connectivity index (χ0n) is 16.9. The molecule has 0 saturated carbocycles. The number of urea groups is 1. The fourth-order valence-corrected chi connectivity index (χ4v) is 4.29. The van der Waals surface area contributed by atoms with E-state index in [1.54, 1.807) is 18.0 Å². The maximum absolute atomic E-state index is 12.7. The van der Waals surface area contributed by atoms with Crippen molar-refractivity contribution in [3.05, 3.63) is 90.1 Å². The molecule has 0 spiro atoms. The van der Waals surface area contributed by atoms with Crippen LogP contribution in [-0.2, 0) is 12.3 Å². The number of rotatable bonds is 6. The summed E-state index contributed by atoms with van der Waals surface area (Å²) in [7, 11) is 0. The molecule has 0 radical (unpaired) electrons. The first-order valence-electron chi connectivity index (χ1n) is 10.2. The van der Waals surface area contributed by atoms with Gasteiger partial charge in [0.2, 0.25) is 0 Å². The minimum absolute atomic E-state index is 0.0242. The third kappa shape index (κ3) is 5.84. The molecule has 2 aromatic carbocycles. The minimum Gasteiger partial charge on any atom is -0.322 e. The Hall–Kier alpha value is -2.83. The fourth-order valence-electron chi connectivity index (χ4n) is 3.48. The highest BCUT2D eigenvalue weighted by atomic mass is 32.2. The summed E-state index contributed by atoms with van der Waals surface area (Å²) >= 11 is 1.69. The molecule has 1 aliphatic rings. The van der Waals surface area contributed by atoms with Crippen LogP contribution in [0.3, 0.4) is 0 Å². The van der Waals surface area contributed by atoms with Crippen LogP contribution in [0.4, 0.5) is 10.5 Å². The molecular formula is C24H26N4OS. The molecule has 2 heterocycles. The number of hydrogen-bond acceptors (Lipinski definition) is 4. The van der Waals surface area contributed by atoms with E-state index in [0.717, 1.165) is 54.8 Å². The van der Waals surface area contributed by atoms with Crippen LogP contribution in [0.2, 0.25) is 0 Å². The molecule has 1 saturated heterocycles. The number of amides is 2. The molecule has 4 rings (SSSR count). The fraction of sp³-hybridized carbons (Fsp3) is 0.250. The lowest BCUT2D eigenvalue weighted by Gasteiger charge is -2.34. The summed E-state index contributed by atoms with van der Waals surface area (Å²) in [5.74, 6) is 0.818. The van der Waals surface area contributed by atoms with E-state index in [4.69, 9.17) is 0 Å². The van der Waals surface area contributed by atoms with E-state index in [1.165, 1.54) is 5.56 Å². The molecule has 0 bridgehead atoms. The van der Waals surface area contributed by atoms with E-state index in [1.807, 2.05) is 47.4 Å². The molecule has 1 fully saturated rings. The number of thioether (sulfide) groups is 1. The van der Waals surface area contributed by atoms with Crippen LogP contribution in [0.25, 0.3) is 0 Å². The summed E-state index contributed by atoms with van der Waals surface area (Å²) in [5, 5.41) is 4.06. The number of carbonyl (C=O) groups excluding carboxylic acids is 1. The Morgan fingerprint density at radius 2 is 1.67 bits per heavy atom. The number of nitrogens with one attached hydrogen (secondary N) is 1. The van der Waals surface area contributed by atoms with E-state index in [2.05, 4.69) is 45.5 Å². The van der Waals surface area contributed by atoms with Crippen molar-refractivity contribution >= 4 is 23.5 Å². The highest BCUT2D eigenvalue weighted by Gasteiger charge is 2.21. The van der Waals surface area contributed by atoms with E-state index in [9.17, 15) is 4.79 Å². The monoisotopic (exact) mass is 418 g/mol. The van der Waals surface area contributed by atoms with E-state index in [-0.39, 0.29) is 6.03 Å². The number of pyridine rings is 1. The van der Waals surface area contributed by atoms with Crippen molar-refractivity contribution in [3.8, 4) is 0 Å². The van der Waals surface area contributed by atoms with Gasteiger partial charge in [-0.3, -0.25) is 4.90 Å². The summed E-state index contributed by atoms with van der Waals surface area (Å²) < 4.78 is 0. The third-order valence-corrected chi connectivity index (χ3v) is 6.13. The standard InChI is InChI=1S/C24H26N4OS/c29-24(28-15-13-27(14-16-28)18-20-7-2-1-3-8-20)26-22-10-6-9-21(17-22)19-30-23-11-4-5-12-25-23/h1-12,17H,13-16,18-19H2,(H,26,29). The highest BCUT2D eigenvalue weighted by molar-refractivity contribution is 7.98. The molecule has 0 aliphatic carbocycles. The van der Waals surface area contributed by atoms with Crippen LogP contribution in [0.15, 0.2) is 84.0 Å². The largest absolute Gasteiger partial charge is 0.322 e. The topological polar surface area (TPSA) is 48.5 Å². The number of hydrogen-bond donors (Lipinski definition) is 1. The number of nitrogens with zero attached hydrogens (tertiary/aromatic N) is 3. The van der Waals surface area contributed by atoms with Crippen LogP contribution in [0.5, 0.6) is 0 Å². The van der Waals surface area contributed by atoms with Crippen molar-refractivity contribution in [1.82, 2.24) is 14.8 Å². The Kier molecular flexibility index (Phi) is 7.00. The average molecular weight is 419 g/mol. The second kappa shape index (κ2) is 10.3. The van der Waals surface area contributed by atoms with Crippen LogP contribution >= 0.6 is 11.8 Å². The summed E-state index contributed by atoms with van der Waals surface area (Å²) in [6.45, 7) is 4.21. The van der Waals surface area contributed by atoms with Crippen molar-refractivity contribution in [1.29, 1.82) is 0 Å². The minimum atomic E-state index is -0.0242. The molecule has 5 nitrogen and oxygen atoms in total. The van der Waals surface area contributed by atoms with E-state index < -0.39 is 0 Å². The molecule has 0 unspecified atom stereocenters. The van der Waals surface area contributed by atoms with E-state index in [0.29, 0.717) is 0 Å². The van der Waals surface area contributed by atoms with Crippen LogP contribution in [0.1, 0.15) is 11.1 Å². The number of piperazine rings is 1. The molecule has 6 heteroatoms. The second-order valence-corrected chi connectivity index (χ2v) is 8.33. The summed E-state index contributed by atoms with van der Waals surface area (Å²) in [6, 6.07) is 24.4. The van der Waals surface area contributed by atoms with Crippen molar-refractivity contribution < 1.29 is 4.79 Å². The zero-order chi connectivity index (χ0) is 20.6. The van der Waals surface area contributed by atoms with Crippen molar-refractivity contribution in [2.45, 2.75) is 17.3 Å². The quantitative estimate of drug-likeness (QED) is 0.588. The lowest BCUT2D eigenvalue weighted by molar-refractivity contribution is 0.143. The first-order chi connectivity index (χ1) is 14.8. The normalized spacial score (nSPS) is 14.5. The van der Waals surface area contributed by atoms with Gasteiger partial charge in [0.1, 0.15) is 0 Å². The first kappa shape index (κ1) is 20.4. The number of benzene rings is 2. The predicted octanol–water partition coefficient (Wildman–Crippen LogP) is 4.72. The smallest absolute Gasteiger partial charge is 0.321 e. The molecule has 154 valence electrons. The average Bonchev–Trinajstić information content (AvgIpc) is 2.80. The summed E-state index contributed by atoms with van der Waals surface area (Å²) in [6.07, 6.45) is 1.80. The Labute approximate surface area is 182 Å². The number of anilines is 1. The second-order valence-electron chi connectivity index (χ2n) is 7.34. The van der Waals surface area contributed by atoms with E-state index >= 15 is 0 Å². The van der Waals surface area contributed by atoms with Gasteiger partial charge in [-0.1, -0.05) is 48.5 Å². The molecule has 1 N–H and O–H groups in total. The molecule has 1 aromatic heterocycles. The lowest BCUT2D eigenvalue weighted by atomic mass is 10.2. The van der Waals surface area contributed by atoms with Gasteiger partial charge in [0.15, 0.2) is 0 Å². The molecular weight excluding hydrogens is 392 g/mol. The van der Waals surface area contributed by atoms with Crippen molar-refractivity contribution in [2.75, 3.05) is 31.5 Å². The zero-order valence-corrected chi connectivity index (χ0v) is 17.7. The Morgan fingerprint density at radius 3 is 2.43 bits per heavy atom. The van der Waals surface area contributed by atoms with Crippen LogP contribution in [-0.4, -0.2) is 47.0 Å². The number of carbonyl (C=O) groups is 1. The lowest BCUT2D eigenvalue weighted by Crippen LogP contribution is -2.49. The van der Waals surface area contributed by atoms with Gasteiger partial charge in [-0.25, -0.2) is 9.78 Å². The van der Waals surface area contributed by atoms with Gasteiger partial charge in [0.25, 0.3) is 0 Å². The molecule has 1 aliphatic heterocycles. The summed E-state index contributed by atoms with van der Waals surface area (Å²) in [4.78, 5) is 21.3. The van der Waals surface area contributed by atoms with Gasteiger partial charge in [-0.2, -0.15) is 0 Å². The molecule has 30 heavy (non-hydrogen) atoms. The van der Waals surface area contributed by atoms with Gasteiger partial charge in [-0.15, -0.1) is 11.8 Å². The van der Waals surface area contributed by atoms with Gasteiger partial charge in [-0.05, 0) is 35.4 Å². The Balaban J connectivity index is 1.26.